The molecule has 0 spiro atoms. The fourth-order valence-electron chi connectivity index (χ4n) is 3.16. The Morgan fingerprint density at radius 2 is 1.26 bits per heavy atom. The smallest absolute Gasteiger partial charge is 0.304 e. The van der Waals surface area contributed by atoms with E-state index in [9.17, 15) is 14.7 Å². The molecule has 6 heteroatoms. The van der Waals surface area contributed by atoms with Crippen molar-refractivity contribution in [2.75, 3.05) is 5.75 Å². The largest absolute Gasteiger partial charge is 0.481 e. The number of carbonyl (C=O) groups is 2. The number of aliphatic hydroxyl groups excluding tert-OH is 1. The highest BCUT2D eigenvalue weighted by Gasteiger charge is 2.19. The van der Waals surface area contributed by atoms with Gasteiger partial charge in [0.15, 0.2) is 0 Å². The zero-order chi connectivity index (χ0) is 20.3. The zero-order valence-electron chi connectivity index (χ0n) is 17.0. The van der Waals surface area contributed by atoms with Gasteiger partial charge >= 0.3 is 11.9 Å². The van der Waals surface area contributed by atoms with Crippen LogP contribution in [0.5, 0.6) is 0 Å². The van der Waals surface area contributed by atoms with E-state index in [1.165, 1.54) is 56.7 Å². The molecule has 0 aliphatic heterocycles. The van der Waals surface area contributed by atoms with Gasteiger partial charge in [-0.25, -0.2) is 0 Å². The second-order valence-corrected chi connectivity index (χ2v) is 8.72. The first-order chi connectivity index (χ1) is 13.0. The summed E-state index contributed by atoms with van der Waals surface area (Å²) in [5.41, 5.74) is 0. The summed E-state index contributed by atoms with van der Waals surface area (Å²) in [5.74, 6) is -1.12. The Morgan fingerprint density at radius 1 is 0.741 bits per heavy atom. The Morgan fingerprint density at radius 3 is 1.81 bits per heavy atom. The summed E-state index contributed by atoms with van der Waals surface area (Å²) in [6, 6.07) is 0. The molecule has 0 saturated carbocycles. The van der Waals surface area contributed by atoms with Crippen LogP contribution in [0.4, 0.5) is 0 Å². The zero-order valence-corrected chi connectivity index (χ0v) is 17.9. The van der Waals surface area contributed by atoms with Gasteiger partial charge in [-0.2, -0.15) is 11.8 Å². The topological polar surface area (TPSA) is 94.8 Å². The lowest BCUT2D eigenvalue weighted by Crippen LogP contribution is -2.24. The van der Waals surface area contributed by atoms with E-state index >= 15 is 0 Å². The molecule has 0 aliphatic rings. The summed E-state index contributed by atoms with van der Waals surface area (Å²) >= 11 is 1.52. The number of thioether (sulfide) groups is 1. The Balaban J connectivity index is 3.96. The highest BCUT2D eigenvalue weighted by Crippen LogP contribution is 2.25. The molecule has 27 heavy (non-hydrogen) atoms. The molecule has 0 aliphatic carbocycles. The summed E-state index contributed by atoms with van der Waals surface area (Å²) in [6.45, 7) is 2.23. The molecule has 0 radical (unpaired) electrons. The minimum atomic E-state index is -0.819. The molecule has 0 aromatic heterocycles. The minimum absolute atomic E-state index is 0.00666. The molecule has 0 unspecified atom stereocenters. The predicted molar refractivity (Wildman–Crippen MR) is 112 cm³/mol. The van der Waals surface area contributed by atoms with Crippen LogP contribution in [0.3, 0.4) is 0 Å². The molecule has 0 aromatic rings. The predicted octanol–water partition coefficient (Wildman–Crippen LogP) is 5.49. The summed E-state index contributed by atoms with van der Waals surface area (Å²) in [6.07, 6.45) is 13.9. The first kappa shape index (κ1) is 26.2. The Labute approximate surface area is 169 Å². The Bertz CT molecular complexity index is 376. The van der Waals surface area contributed by atoms with E-state index in [4.69, 9.17) is 10.2 Å². The van der Waals surface area contributed by atoms with Gasteiger partial charge in [0.25, 0.3) is 0 Å². The number of aliphatic hydroxyl groups is 1. The van der Waals surface area contributed by atoms with Crippen LogP contribution >= 0.6 is 11.8 Å². The average Bonchev–Trinajstić information content (AvgIpc) is 2.61. The molecule has 0 saturated heterocycles. The van der Waals surface area contributed by atoms with Gasteiger partial charge in [0.2, 0.25) is 0 Å². The van der Waals surface area contributed by atoms with Crippen molar-refractivity contribution in [1.82, 2.24) is 0 Å². The van der Waals surface area contributed by atoms with Crippen molar-refractivity contribution >= 4 is 23.7 Å². The van der Waals surface area contributed by atoms with E-state index in [1.54, 1.807) is 0 Å². The first-order valence-corrected chi connectivity index (χ1v) is 11.8. The molecule has 160 valence electrons. The summed E-state index contributed by atoms with van der Waals surface area (Å²) in [5, 5.41) is 28.0. The SMILES string of the molecule is CCCCCCCCCCC[C@H](O)[C@H](CCCCC(=O)O)SCCC(=O)O. The van der Waals surface area contributed by atoms with Gasteiger partial charge in [0.1, 0.15) is 0 Å². The fraction of sp³-hybridized carbons (Fsp3) is 0.905. The first-order valence-electron chi connectivity index (χ1n) is 10.7. The second kappa shape index (κ2) is 18.6. The van der Waals surface area contributed by atoms with Crippen LogP contribution in [0.25, 0.3) is 0 Å². The monoisotopic (exact) mass is 404 g/mol. The third-order valence-corrected chi connectivity index (χ3v) is 6.23. The van der Waals surface area contributed by atoms with Crippen molar-refractivity contribution < 1.29 is 24.9 Å². The Kier molecular flexibility index (Phi) is 18.1. The molecule has 5 nitrogen and oxygen atoms in total. The molecule has 3 N–H and O–H groups in total. The van der Waals surface area contributed by atoms with Crippen LogP contribution in [-0.2, 0) is 9.59 Å². The van der Waals surface area contributed by atoms with Crippen molar-refractivity contribution in [1.29, 1.82) is 0 Å². The minimum Gasteiger partial charge on any atom is -0.481 e. The average molecular weight is 405 g/mol. The molecule has 2 atom stereocenters. The summed E-state index contributed by atoms with van der Waals surface area (Å²) in [7, 11) is 0. The van der Waals surface area contributed by atoms with Crippen LogP contribution < -0.4 is 0 Å². The van der Waals surface area contributed by atoms with Gasteiger partial charge in [-0.05, 0) is 19.3 Å². The van der Waals surface area contributed by atoms with Gasteiger partial charge in [-0.3, -0.25) is 9.59 Å². The standard InChI is InChI=1S/C21H40O5S/c1-2-3-4-5-6-7-8-9-10-13-18(22)19(27-17-16-21(25)26)14-11-12-15-20(23)24/h18-19,22H,2-17H2,1H3,(H,23,24)(H,25,26)/t18-,19-/m0/s1. The van der Waals surface area contributed by atoms with E-state index in [0.29, 0.717) is 12.2 Å². The van der Waals surface area contributed by atoms with Crippen LogP contribution in [-0.4, -0.2) is 44.4 Å². The fourth-order valence-corrected chi connectivity index (χ4v) is 4.44. The number of rotatable bonds is 20. The van der Waals surface area contributed by atoms with E-state index in [1.807, 2.05) is 0 Å². The van der Waals surface area contributed by atoms with E-state index < -0.39 is 18.0 Å². The lowest BCUT2D eigenvalue weighted by atomic mass is 10.0. The van der Waals surface area contributed by atoms with Gasteiger partial charge in [-0.15, -0.1) is 0 Å². The maximum absolute atomic E-state index is 10.7. The highest BCUT2D eigenvalue weighted by atomic mass is 32.2. The molecular formula is C21H40O5S. The van der Waals surface area contributed by atoms with Gasteiger partial charge in [-0.1, -0.05) is 71.1 Å². The normalized spacial score (nSPS) is 13.4. The lowest BCUT2D eigenvalue weighted by Gasteiger charge is -2.22. The summed E-state index contributed by atoms with van der Waals surface area (Å²) in [4.78, 5) is 21.3. The maximum atomic E-state index is 10.7. The molecule has 0 aromatic carbocycles. The van der Waals surface area contributed by atoms with E-state index in [2.05, 4.69) is 6.92 Å². The van der Waals surface area contributed by atoms with E-state index in [0.717, 1.165) is 32.1 Å². The molecule has 0 amide bonds. The number of carboxylic acid groups (broad SMARTS) is 2. The summed E-state index contributed by atoms with van der Waals surface area (Å²) < 4.78 is 0. The van der Waals surface area contributed by atoms with E-state index in [-0.39, 0.29) is 18.1 Å². The lowest BCUT2D eigenvalue weighted by molar-refractivity contribution is -0.137. The van der Waals surface area contributed by atoms with Crippen LogP contribution in [0, 0.1) is 0 Å². The van der Waals surface area contributed by atoms with Gasteiger partial charge < -0.3 is 15.3 Å². The van der Waals surface area contributed by atoms with Crippen molar-refractivity contribution in [2.24, 2.45) is 0 Å². The third-order valence-electron chi connectivity index (χ3n) is 4.81. The second-order valence-electron chi connectivity index (χ2n) is 7.38. The highest BCUT2D eigenvalue weighted by molar-refractivity contribution is 7.99. The number of hydrogen-bond donors (Lipinski definition) is 3. The number of hydrogen-bond acceptors (Lipinski definition) is 4. The quantitative estimate of drug-likeness (QED) is 0.232. The van der Waals surface area contributed by atoms with Crippen LogP contribution in [0.2, 0.25) is 0 Å². The van der Waals surface area contributed by atoms with Crippen molar-refractivity contribution in [3.63, 3.8) is 0 Å². The number of carboxylic acids is 2. The molecule has 0 heterocycles. The molecular weight excluding hydrogens is 364 g/mol. The van der Waals surface area contributed by atoms with Crippen molar-refractivity contribution in [3.8, 4) is 0 Å². The molecule has 0 rings (SSSR count). The molecule has 0 bridgehead atoms. The van der Waals surface area contributed by atoms with Crippen molar-refractivity contribution in [3.05, 3.63) is 0 Å². The van der Waals surface area contributed by atoms with Crippen LogP contribution in [0.15, 0.2) is 0 Å². The van der Waals surface area contributed by atoms with Crippen LogP contribution in [0.1, 0.15) is 103 Å². The van der Waals surface area contributed by atoms with Gasteiger partial charge in [0.05, 0.1) is 12.5 Å². The third kappa shape index (κ3) is 18.4. The van der Waals surface area contributed by atoms with Gasteiger partial charge in [0, 0.05) is 17.4 Å². The van der Waals surface area contributed by atoms with Crippen molar-refractivity contribution in [2.45, 2.75) is 115 Å². The number of unbranched alkanes of at least 4 members (excludes halogenated alkanes) is 9. The maximum Gasteiger partial charge on any atom is 0.304 e. The Hall–Kier alpha value is -0.750. The number of aliphatic carboxylic acids is 2. The molecule has 0 fully saturated rings.